The van der Waals surface area contributed by atoms with Gasteiger partial charge in [0.1, 0.15) is 5.72 Å². The van der Waals surface area contributed by atoms with Crippen LogP contribution in [0.2, 0.25) is 0 Å². The molecule has 0 aromatic heterocycles. The van der Waals surface area contributed by atoms with Crippen molar-refractivity contribution < 1.29 is 4.74 Å². The molecule has 0 aromatic carbocycles. The Bertz CT molecular complexity index is 133. The van der Waals surface area contributed by atoms with Crippen LogP contribution in [0.25, 0.3) is 0 Å². The molecule has 13 heavy (non-hydrogen) atoms. The second-order valence-corrected chi connectivity index (χ2v) is 3.44. The van der Waals surface area contributed by atoms with Crippen LogP contribution in [0.15, 0.2) is 0 Å². The Kier molecular flexibility index (Phi) is 5.53. The van der Waals surface area contributed by atoms with E-state index in [9.17, 15) is 0 Å². The molecule has 0 aliphatic carbocycles. The molecule has 3 nitrogen and oxygen atoms in total. The molecule has 0 spiro atoms. The van der Waals surface area contributed by atoms with Gasteiger partial charge in [0, 0.05) is 6.61 Å². The highest BCUT2D eigenvalue weighted by molar-refractivity contribution is 4.78. The zero-order valence-corrected chi connectivity index (χ0v) is 9.63. The molecule has 0 radical (unpaired) electrons. The van der Waals surface area contributed by atoms with Crippen molar-refractivity contribution in [2.45, 2.75) is 52.4 Å². The molecule has 0 aliphatic heterocycles. The molecule has 0 unspecified atom stereocenters. The molecule has 0 aliphatic rings. The van der Waals surface area contributed by atoms with Crippen LogP contribution in [0, 0.1) is 0 Å². The van der Waals surface area contributed by atoms with Crippen molar-refractivity contribution in [3.63, 3.8) is 0 Å². The van der Waals surface area contributed by atoms with Gasteiger partial charge in [-0.1, -0.05) is 13.8 Å². The summed E-state index contributed by atoms with van der Waals surface area (Å²) >= 11 is 0. The largest absolute Gasteiger partial charge is 0.361 e. The van der Waals surface area contributed by atoms with E-state index in [0.717, 1.165) is 19.4 Å². The topological polar surface area (TPSA) is 38.5 Å². The molecule has 0 aromatic rings. The second-order valence-electron chi connectivity index (χ2n) is 3.44. The molecule has 0 amide bonds. The zero-order valence-electron chi connectivity index (χ0n) is 9.63. The Morgan fingerprint density at radius 2 is 1.77 bits per heavy atom. The molecule has 0 saturated carbocycles. The second kappa shape index (κ2) is 5.58. The first-order chi connectivity index (χ1) is 6.04. The lowest BCUT2D eigenvalue weighted by atomic mass is 10.1. The summed E-state index contributed by atoms with van der Waals surface area (Å²) in [6, 6.07) is 0. The molecule has 1 atom stereocenters. The summed E-state index contributed by atoms with van der Waals surface area (Å²) < 4.78 is 5.80. The van der Waals surface area contributed by atoms with E-state index in [0.29, 0.717) is 0 Å². The van der Waals surface area contributed by atoms with Gasteiger partial charge >= 0.3 is 0 Å². The van der Waals surface area contributed by atoms with E-state index in [1.807, 2.05) is 20.9 Å². The average molecular weight is 188 g/mol. The number of rotatable bonds is 6. The lowest BCUT2D eigenvalue weighted by Gasteiger charge is -2.42. The summed E-state index contributed by atoms with van der Waals surface area (Å²) in [5.41, 5.74) is 5.67. The fourth-order valence-corrected chi connectivity index (χ4v) is 1.69. The summed E-state index contributed by atoms with van der Waals surface area (Å²) in [7, 11) is 2.02. The quantitative estimate of drug-likeness (QED) is 0.646. The van der Waals surface area contributed by atoms with Gasteiger partial charge in [0.05, 0.1) is 6.17 Å². The normalized spacial score (nSPS) is 15.0. The van der Waals surface area contributed by atoms with Gasteiger partial charge in [0.25, 0.3) is 0 Å². The van der Waals surface area contributed by atoms with Gasteiger partial charge in [-0.3, -0.25) is 4.90 Å². The van der Waals surface area contributed by atoms with Gasteiger partial charge in [-0.25, -0.2) is 0 Å². The van der Waals surface area contributed by atoms with E-state index in [1.165, 1.54) is 0 Å². The minimum Gasteiger partial charge on any atom is -0.361 e. The van der Waals surface area contributed by atoms with Crippen molar-refractivity contribution >= 4 is 0 Å². The van der Waals surface area contributed by atoms with Gasteiger partial charge < -0.3 is 10.5 Å². The number of nitrogens with zero attached hydrogens (tertiary/aromatic N) is 1. The SMILES string of the molecule is CCOC(CC)(CC)N(C)[C@H](C)N. The fraction of sp³-hybridized carbons (Fsp3) is 1.00. The molecule has 0 bridgehead atoms. The van der Waals surface area contributed by atoms with Crippen LogP contribution in [0.5, 0.6) is 0 Å². The minimum atomic E-state index is -0.178. The van der Waals surface area contributed by atoms with Crippen molar-refractivity contribution in [2.24, 2.45) is 5.73 Å². The van der Waals surface area contributed by atoms with Crippen LogP contribution < -0.4 is 5.73 Å². The summed E-state index contributed by atoms with van der Waals surface area (Å²) in [5, 5.41) is 0. The van der Waals surface area contributed by atoms with E-state index in [4.69, 9.17) is 10.5 Å². The van der Waals surface area contributed by atoms with Gasteiger partial charge in [0.15, 0.2) is 0 Å². The number of ether oxygens (including phenoxy) is 1. The third-order valence-corrected chi connectivity index (χ3v) is 2.77. The maximum atomic E-state index is 5.85. The van der Waals surface area contributed by atoms with Gasteiger partial charge in [-0.15, -0.1) is 0 Å². The van der Waals surface area contributed by atoms with Gasteiger partial charge in [-0.2, -0.15) is 0 Å². The van der Waals surface area contributed by atoms with E-state index in [1.54, 1.807) is 0 Å². The lowest BCUT2D eigenvalue weighted by molar-refractivity contribution is -0.160. The predicted octanol–water partition coefficient (Wildman–Crippen LogP) is 1.78. The van der Waals surface area contributed by atoms with Crippen molar-refractivity contribution in [2.75, 3.05) is 13.7 Å². The van der Waals surface area contributed by atoms with Crippen molar-refractivity contribution in [1.82, 2.24) is 4.90 Å². The predicted molar refractivity (Wildman–Crippen MR) is 56.4 cm³/mol. The maximum Gasteiger partial charge on any atom is 0.122 e. The molecular formula is C10H24N2O. The maximum absolute atomic E-state index is 5.85. The first-order valence-corrected chi connectivity index (χ1v) is 5.16. The first kappa shape index (κ1) is 12.9. The highest BCUT2D eigenvalue weighted by atomic mass is 16.5. The number of hydrogen-bond acceptors (Lipinski definition) is 3. The first-order valence-electron chi connectivity index (χ1n) is 5.16. The standard InChI is InChI=1S/C10H24N2O/c1-6-10(7-2,13-8-3)12(5)9(4)11/h9H,6-8,11H2,1-5H3/t9-/m1/s1. The van der Waals surface area contributed by atoms with E-state index in [2.05, 4.69) is 18.7 Å². The van der Waals surface area contributed by atoms with E-state index in [-0.39, 0.29) is 11.9 Å². The van der Waals surface area contributed by atoms with Crippen LogP contribution in [0.3, 0.4) is 0 Å². The molecular weight excluding hydrogens is 164 g/mol. The van der Waals surface area contributed by atoms with E-state index < -0.39 is 0 Å². The smallest absolute Gasteiger partial charge is 0.122 e. The van der Waals surface area contributed by atoms with Gasteiger partial charge in [-0.05, 0) is 33.7 Å². The highest BCUT2D eigenvalue weighted by Gasteiger charge is 2.32. The number of hydrogen-bond donors (Lipinski definition) is 1. The van der Waals surface area contributed by atoms with Gasteiger partial charge in [0.2, 0.25) is 0 Å². The Hall–Kier alpha value is -0.120. The number of nitrogens with two attached hydrogens (primary N) is 1. The molecule has 3 heteroatoms. The van der Waals surface area contributed by atoms with Crippen molar-refractivity contribution in [3.8, 4) is 0 Å². The highest BCUT2D eigenvalue weighted by Crippen LogP contribution is 2.24. The summed E-state index contributed by atoms with van der Waals surface area (Å²) in [4.78, 5) is 2.11. The Labute approximate surface area is 82.2 Å². The molecule has 0 heterocycles. The molecule has 0 saturated heterocycles. The molecule has 0 rings (SSSR count). The van der Waals surface area contributed by atoms with E-state index >= 15 is 0 Å². The minimum absolute atomic E-state index is 0.0337. The fourth-order valence-electron chi connectivity index (χ4n) is 1.69. The van der Waals surface area contributed by atoms with Crippen LogP contribution in [-0.2, 0) is 4.74 Å². The summed E-state index contributed by atoms with van der Waals surface area (Å²) in [6.45, 7) is 9.02. The van der Waals surface area contributed by atoms with Crippen LogP contribution >= 0.6 is 0 Å². The van der Waals surface area contributed by atoms with Crippen molar-refractivity contribution in [3.05, 3.63) is 0 Å². The van der Waals surface area contributed by atoms with Crippen molar-refractivity contribution in [1.29, 1.82) is 0 Å². The van der Waals surface area contributed by atoms with Crippen LogP contribution in [-0.4, -0.2) is 30.4 Å². The van der Waals surface area contributed by atoms with Crippen LogP contribution in [0.1, 0.15) is 40.5 Å². The summed E-state index contributed by atoms with van der Waals surface area (Å²) in [5.74, 6) is 0. The zero-order chi connectivity index (χ0) is 10.5. The Morgan fingerprint density at radius 3 is 2.00 bits per heavy atom. The molecule has 80 valence electrons. The average Bonchev–Trinajstić information content (AvgIpc) is 2.13. The monoisotopic (exact) mass is 188 g/mol. The Morgan fingerprint density at radius 1 is 1.31 bits per heavy atom. The van der Waals surface area contributed by atoms with Crippen LogP contribution in [0.4, 0.5) is 0 Å². The molecule has 0 fully saturated rings. The molecule has 2 N–H and O–H groups in total. The third kappa shape index (κ3) is 2.93. The lowest BCUT2D eigenvalue weighted by Crippen LogP contribution is -2.54. The summed E-state index contributed by atoms with van der Waals surface area (Å²) in [6.07, 6.45) is 1.97. The third-order valence-electron chi connectivity index (χ3n) is 2.77. The Balaban J connectivity index is 4.53.